The summed E-state index contributed by atoms with van der Waals surface area (Å²) in [5, 5.41) is 22.3. The zero-order valence-electron chi connectivity index (χ0n) is 15.0. The van der Waals surface area contributed by atoms with Crippen LogP contribution in [0.2, 0.25) is 5.02 Å². The van der Waals surface area contributed by atoms with Crippen LogP contribution in [0.3, 0.4) is 0 Å². The van der Waals surface area contributed by atoms with E-state index in [1.807, 2.05) is 23.6 Å². The van der Waals surface area contributed by atoms with Crippen LogP contribution in [0.15, 0.2) is 53.6 Å². The molecule has 3 aromatic rings. The second-order valence-electron chi connectivity index (χ2n) is 6.57. The first kappa shape index (κ1) is 17.8. The minimum absolute atomic E-state index is 0.154. The summed E-state index contributed by atoms with van der Waals surface area (Å²) in [7, 11) is 0. The SMILES string of the molecule is Cc1ccc(-c2csc(C3=C(O)CN(c4cccc(Cl)c4)C3=N)n2)cc1C. The van der Waals surface area contributed by atoms with Crippen LogP contribution in [0.5, 0.6) is 0 Å². The lowest BCUT2D eigenvalue weighted by molar-refractivity contribution is 0.411. The zero-order chi connectivity index (χ0) is 19.1. The van der Waals surface area contributed by atoms with E-state index < -0.39 is 0 Å². The molecule has 27 heavy (non-hydrogen) atoms. The first-order chi connectivity index (χ1) is 12.9. The molecule has 0 bridgehead atoms. The number of amidine groups is 1. The van der Waals surface area contributed by atoms with E-state index in [2.05, 4.69) is 31.0 Å². The van der Waals surface area contributed by atoms with Gasteiger partial charge in [0.2, 0.25) is 0 Å². The maximum atomic E-state index is 10.5. The summed E-state index contributed by atoms with van der Waals surface area (Å²) in [5.74, 6) is 0.386. The molecule has 4 rings (SSSR count). The van der Waals surface area contributed by atoms with Crippen molar-refractivity contribution in [3.05, 3.63) is 74.8 Å². The van der Waals surface area contributed by atoms with Gasteiger partial charge < -0.3 is 10.0 Å². The van der Waals surface area contributed by atoms with Crippen molar-refractivity contribution in [3.8, 4) is 11.3 Å². The summed E-state index contributed by atoms with van der Waals surface area (Å²) in [5.41, 5.74) is 5.61. The number of benzene rings is 2. The molecular weight excluding hydrogens is 378 g/mol. The molecule has 1 aromatic heterocycles. The smallest absolute Gasteiger partial charge is 0.139 e. The molecule has 0 unspecified atom stereocenters. The number of anilines is 1. The van der Waals surface area contributed by atoms with Gasteiger partial charge in [-0.2, -0.15) is 0 Å². The Morgan fingerprint density at radius 2 is 1.96 bits per heavy atom. The van der Waals surface area contributed by atoms with E-state index in [0.717, 1.165) is 16.9 Å². The van der Waals surface area contributed by atoms with Crippen LogP contribution in [0.1, 0.15) is 16.1 Å². The Labute approximate surface area is 166 Å². The summed E-state index contributed by atoms with van der Waals surface area (Å²) >= 11 is 7.51. The maximum Gasteiger partial charge on any atom is 0.139 e. The number of nitrogens with one attached hydrogen (secondary N) is 1. The van der Waals surface area contributed by atoms with Crippen molar-refractivity contribution in [2.24, 2.45) is 0 Å². The molecule has 2 N–H and O–H groups in total. The van der Waals surface area contributed by atoms with Crippen LogP contribution >= 0.6 is 22.9 Å². The lowest BCUT2D eigenvalue weighted by atomic mass is 10.1. The van der Waals surface area contributed by atoms with Gasteiger partial charge in [-0.15, -0.1) is 11.3 Å². The van der Waals surface area contributed by atoms with Gasteiger partial charge >= 0.3 is 0 Å². The van der Waals surface area contributed by atoms with Crippen molar-refractivity contribution in [3.63, 3.8) is 0 Å². The molecule has 1 aliphatic heterocycles. The zero-order valence-corrected chi connectivity index (χ0v) is 16.5. The van der Waals surface area contributed by atoms with Gasteiger partial charge in [0.1, 0.15) is 16.6 Å². The molecule has 0 saturated heterocycles. The van der Waals surface area contributed by atoms with Gasteiger partial charge in [0.25, 0.3) is 0 Å². The Morgan fingerprint density at radius 1 is 1.15 bits per heavy atom. The molecule has 2 heterocycles. The van der Waals surface area contributed by atoms with E-state index >= 15 is 0 Å². The molecule has 2 aromatic carbocycles. The van der Waals surface area contributed by atoms with Crippen LogP contribution in [-0.4, -0.2) is 22.5 Å². The predicted molar refractivity (Wildman–Crippen MR) is 113 cm³/mol. The van der Waals surface area contributed by atoms with Gasteiger partial charge in [-0.3, -0.25) is 5.41 Å². The number of rotatable bonds is 3. The van der Waals surface area contributed by atoms with Gasteiger partial charge in [-0.25, -0.2) is 4.98 Å². The van der Waals surface area contributed by atoms with Crippen molar-refractivity contribution in [1.29, 1.82) is 5.41 Å². The highest BCUT2D eigenvalue weighted by Gasteiger charge is 2.31. The Bertz CT molecular complexity index is 1090. The number of aromatic nitrogens is 1. The Balaban J connectivity index is 1.66. The highest BCUT2D eigenvalue weighted by Crippen LogP contribution is 2.35. The Kier molecular flexibility index (Phi) is 4.50. The number of hydrogen-bond acceptors (Lipinski definition) is 4. The molecule has 4 nitrogen and oxygen atoms in total. The Morgan fingerprint density at radius 3 is 2.70 bits per heavy atom. The molecule has 0 amide bonds. The van der Waals surface area contributed by atoms with Gasteiger partial charge in [0.15, 0.2) is 0 Å². The van der Waals surface area contributed by atoms with Crippen molar-refractivity contribution in [2.45, 2.75) is 13.8 Å². The van der Waals surface area contributed by atoms with E-state index in [1.165, 1.54) is 22.5 Å². The van der Waals surface area contributed by atoms with Crippen molar-refractivity contribution in [1.82, 2.24) is 4.98 Å². The standard InChI is InChI=1S/C21H18ClN3OS/c1-12-6-7-14(8-13(12)2)17-11-27-21(24-17)19-18(26)10-25(20(19)23)16-5-3-4-15(22)9-16/h3-9,11,23,26H,10H2,1-2H3. The average Bonchev–Trinajstić information content (AvgIpc) is 3.22. The number of aliphatic hydroxyl groups excluding tert-OH is 1. The summed E-state index contributed by atoms with van der Waals surface area (Å²) in [4.78, 5) is 6.42. The number of thiazole rings is 1. The fraction of sp³-hybridized carbons (Fsp3) is 0.143. The van der Waals surface area contributed by atoms with Crippen LogP contribution < -0.4 is 4.90 Å². The van der Waals surface area contributed by atoms with Crippen LogP contribution in [0, 0.1) is 19.3 Å². The lowest BCUT2D eigenvalue weighted by Gasteiger charge is -2.18. The highest BCUT2D eigenvalue weighted by atomic mass is 35.5. The third-order valence-electron chi connectivity index (χ3n) is 4.74. The van der Waals surface area contributed by atoms with E-state index in [-0.39, 0.29) is 18.1 Å². The molecule has 0 radical (unpaired) electrons. The molecule has 6 heteroatoms. The third-order valence-corrected chi connectivity index (χ3v) is 5.84. The monoisotopic (exact) mass is 395 g/mol. The molecule has 0 spiro atoms. The number of aliphatic hydroxyl groups is 1. The van der Waals surface area contributed by atoms with Crippen LogP contribution in [0.4, 0.5) is 5.69 Å². The van der Waals surface area contributed by atoms with E-state index in [9.17, 15) is 5.11 Å². The predicted octanol–water partition coefficient (Wildman–Crippen LogP) is 5.85. The number of nitrogens with zero attached hydrogens (tertiary/aromatic N) is 2. The number of hydrogen-bond donors (Lipinski definition) is 2. The largest absolute Gasteiger partial charge is 0.510 e. The van der Waals surface area contributed by atoms with Crippen molar-refractivity contribution < 1.29 is 5.11 Å². The van der Waals surface area contributed by atoms with E-state index in [4.69, 9.17) is 17.0 Å². The molecule has 136 valence electrons. The molecule has 0 aliphatic carbocycles. The summed E-state index contributed by atoms with van der Waals surface area (Å²) < 4.78 is 0. The minimum Gasteiger partial charge on any atom is -0.510 e. The number of halogens is 1. The van der Waals surface area contributed by atoms with Gasteiger partial charge in [-0.1, -0.05) is 29.8 Å². The first-order valence-corrected chi connectivity index (χ1v) is 9.77. The van der Waals surface area contributed by atoms with Gasteiger partial charge in [0, 0.05) is 21.7 Å². The van der Waals surface area contributed by atoms with Crippen LogP contribution in [-0.2, 0) is 0 Å². The summed E-state index contributed by atoms with van der Waals surface area (Å²) in [6.45, 7) is 4.40. The Hall–Kier alpha value is -2.63. The van der Waals surface area contributed by atoms with Gasteiger partial charge in [-0.05, 0) is 49.2 Å². The molecular formula is C21H18ClN3OS. The van der Waals surface area contributed by atoms with Crippen molar-refractivity contribution >= 4 is 40.0 Å². The third kappa shape index (κ3) is 3.24. The molecule has 1 aliphatic rings. The molecule has 0 fully saturated rings. The normalized spacial score (nSPS) is 14.3. The fourth-order valence-electron chi connectivity index (χ4n) is 3.09. The first-order valence-electron chi connectivity index (χ1n) is 8.51. The quantitative estimate of drug-likeness (QED) is 0.585. The topological polar surface area (TPSA) is 60.2 Å². The summed E-state index contributed by atoms with van der Waals surface area (Å²) in [6, 6.07) is 13.5. The maximum absolute atomic E-state index is 10.5. The average molecular weight is 396 g/mol. The minimum atomic E-state index is 0.154. The van der Waals surface area contributed by atoms with Crippen LogP contribution in [0.25, 0.3) is 16.8 Å². The van der Waals surface area contributed by atoms with Gasteiger partial charge in [0.05, 0.1) is 17.8 Å². The van der Waals surface area contributed by atoms with Crippen molar-refractivity contribution in [2.75, 3.05) is 11.4 Å². The number of aryl methyl sites for hydroxylation is 2. The second kappa shape index (κ2) is 6.83. The lowest BCUT2D eigenvalue weighted by Crippen LogP contribution is -2.25. The van der Waals surface area contributed by atoms with E-state index in [1.54, 1.807) is 17.0 Å². The summed E-state index contributed by atoms with van der Waals surface area (Å²) in [6.07, 6.45) is 0. The second-order valence-corrected chi connectivity index (χ2v) is 7.87. The highest BCUT2D eigenvalue weighted by molar-refractivity contribution is 7.11. The van der Waals surface area contributed by atoms with E-state index in [0.29, 0.717) is 15.6 Å². The molecule has 0 atom stereocenters. The fourth-order valence-corrected chi connectivity index (χ4v) is 4.17. The molecule has 0 saturated carbocycles.